The molecule has 27 heavy (non-hydrogen) atoms. The zero-order valence-corrected chi connectivity index (χ0v) is 14.9. The molecule has 1 unspecified atom stereocenters. The van der Waals surface area contributed by atoms with E-state index in [4.69, 9.17) is 4.74 Å². The van der Waals surface area contributed by atoms with Gasteiger partial charge in [-0.15, -0.1) is 0 Å². The average Bonchev–Trinajstić information content (AvgIpc) is 3.18. The number of nitrogens with zero attached hydrogens (tertiary/aromatic N) is 2. The van der Waals surface area contributed by atoms with Gasteiger partial charge in [0.2, 0.25) is 0 Å². The second kappa shape index (κ2) is 7.01. The molecule has 1 fully saturated rings. The molecule has 8 heteroatoms. The molecule has 0 spiro atoms. The number of aromatic nitrogens is 1. The van der Waals surface area contributed by atoms with Gasteiger partial charge in [-0.2, -0.15) is 13.2 Å². The molecule has 2 aliphatic rings. The lowest BCUT2D eigenvalue weighted by molar-refractivity contribution is -0.141. The Morgan fingerprint density at radius 3 is 2.67 bits per heavy atom. The van der Waals surface area contributed by atoms with E-state index >= 15 is 0 Å². The molecule has 2 N–H and O–H groups in total. The Morgan fingerprint density at radius 2 is 1.96 bits per heavy atom. The van der Waals surface area contributed by atoms with E-state index in [9.17, 15) is 13.2 Å². The molecule has 0 radical (unpaired) electrons. The van der Waals surface area contributed by atoms with Crippen LogP contribution in [0, 0.1) is 0 Å². The van der Waals surface area contributed by atoms with Crippen LogP contribution in [0.15, 0.2) is 36.7 Å². The Bertz CT molecular complexity index is 860. The Hall–Kier alpha value is -2.32. The summed E-state index contributed by atoms with van der Waals surface area (Å²) in [4.78, 5) is 6.63. The van der Waals surface area contributed by atoms with E-state index in [2.05, 4.69) is 20.7 Å². The maximum absolute atomic E-state index is 13.3. The summed E-state index contributed by atoms with van der Waals surface area (Å²) in [6, 6.07) is 5.48. The van der Waals surface area contributed by atoms with Crippen LogP contribution in [0.4, 0.5) is 18.9 Å². The molecule has 144 valence electrons. The molecule has 1 atom stereocenters. The van der Waals surface area contributed by atoms with Crippen LogP contribution in [0.2, 0.25) is 0 Å². The van der Waals surface area contributed by atoms with E-state index in [0.29, 0.717) is 5.56 Å². The second-order valence-corrected chi connectivity index (χ2v) is 6.85. The standard InChI is InChI=1S/C19H21F3N4O/c1-27-13-5-8-26(9-6-13)17-4-7-23-16-3-2-12(10-14(16)17)15-11-24-25-18(15)19(20,21)22/h2-4,7,10-11,13,18,24-25H,5-6,8-9H2,1H3. The summed E-state index contributed by atoms with van der Waals surface area (Å²) in [5.74, 6) is 0. The van der Waals surface area contributed by atoms with E-state index in [1.54, 1.807) is 31.5 Å². The molecule has 4 rings (SSSR count). The van der Waals surface area contributed by atoms with Crippen molar-refractivity contribution >= 4 is 22.2 Å². The van der Waals surface area contributed by atoms with E-state index in [0.717, 1.165) is 42.5 Å². The van der Waals surface area contributed by atoms with Gasteiger partial charge < -0.3 is 15.1 Å². The minimum Gasteiger partial charge on any atom is -0.381 e. The highest BCUT2D eigenvalue weighted by atomic mass is 19.4. The van der Waals surface area contributed by atoms with Gasteiger partial charge in [-0.05, 0) is 36.6 Å². The predicted molar refractivity (Wildman–Crippen MR) is 98.1 cm³/mol. The van der Waals surface area contributed by atoms with Crippen molar-refractivity contribution in [3.05, 3.63) is 42.2 Å². The summed E-state index contributed by atoms with van der Waals surface area (Å²) in [7, 11) is 1.73. The molecule has 0 amide bonds. The maximum Gasteiger partial charge on any atom is 0.409 e. The minimum atomic E-state index is -4.37. The van der Waals surface area contributed by atoms with Gasteiger partial charge in [-0.3, -0.25) is 4.98 Å². The van der Waals surface area contributed by atoms with Gasteiger partial charge in [0.15, 0.2) is 0 Å². The molecule has 3 heterocycles. The largest absolute Gasteiger partial charge is 0.409 e. The Kier molecular flexibility index (Phi) is 4.69. The zero-order valence-electron chi connectivity index (χ0n) is 14.9. The van der Waals surface area contributed by atoms with Gasteiger partial charge in [0, 0.05) is 49.2 Å². The van der Waals surface area contributed by atoms with Crippen molar-refractivity contribution in [2.24, 2.45) is 0 Å². The second-order valence-electron chi connectivity index (χ2n) is 6.85. The fourth-order valence-corrected chi connectivity index (χ4v) is 3.79. The van der Waals surface area contributed by atoms with Gasteiger partial charge in [0.1, 0.15) is 6.04 Å². The number of methoxy groups -OCH3 is 1. The van der Waals surface area contributed by atoms with Crippen LogP contribution in [0.1, 0.15) is 18.4 Å². The fourth-order valence-electron chi connectivity index (χ4n) is 3.79. The van der Waals surface area contributed by atoms with Crippen molar-refractivity contribution in [2.45, 2.75) is 31.2 Å². The molecular formula is C19H21F3N4O. The number of hydrogen-bond donors (Lipinski definition) is 2. The first-order valence-electron chi connectivity index (χ1n) is 8.92. The van der Waals surface area contributed by atoms with E-state index in [1.165, 1.54) is 6.20 Å². The van der Waals surface area contributed by atoms with Crippen LogP contribution in [-0.4, -0.2) is 43.5 Å². The number of nitrogens with one attached hydrogen (secondary N) is 2. The summed E-state index contributed by atoms with van der Waals surface area (Å²) in [5, 5.41) is 0.861. The van der Waals surface area contributed by atoms with Crippen LogP contribution in [0.25, 0.3) is 16.5 Å². The SMILES string of the molecule is COC1CCN(c2ccnc3ccc(C4=CNNC4C(F)(F)F)cc23)CC1. The third-order valence-electron chi connectivity index (χ3n) is 5.26. The molecule has 5 nitrogen and oxygen atoms in total. The van der Waals surface area contributed by atoms with E-state index in [-0.39, 0.29) is 11.7 Å². The number of benzene rings is 1. The zero-order chi connectivity index (χ0) is 19.0. The smallest absolute Gasteiger partial charge is 0.381 e. The summed E-state index contributed by atoms with van der Waals surface area (Å²) in [6.45, 7) is 1.69. The van der Waals surface area contributed by atoms with Crippen molar-refractivity contribution in [2.75, 3.05) is 25.1 Å². The predicted octanol–water partition coefficient (Wildman–Crippen LogP) is 3.23. The summed E-state index contributed by atoms with van der Waals surface area (Å²) < 4.78 is 45.3. The fraction of sp³-hybridized carbons (Fsp3) is 0.421. The van der Waals surface area contributed by atoms with Crippen LogP contribution in [-0.2, 0) is 4.74 Å². The Balaban J connectivity index is 1.70. The molecule has 2 aromatic rings. The minimum absolute atomic E-state index is 0.178. The van der Waals surface area contributed by atoms with Crippen molar-refractivity contribution < 1.29 is 17.9 Å². The summed E-state index contributed by atoms with van der Waals surface area (Å²) in [6.07, 6.45) is 0.864. The lowest BCUT2D eigenvalue weighted by Gasteiger charge is -2.33. The van der Waals surface area contributed by atoms with E-state index < -0.39 is 12.2 Å². The third-order valence-corrected chi connectivity index (χ3v) is 5.26. The van der Waals surface area contributed by atoms with Crippen molar-refractivity contribution in [3.8, 4) is 0 Å². The number of rotatable bonds is 3. The maximum atomic E-state index is 13.3. The van der Waals surface area contributed by atoms with Gasteiger partial charge >= 0.3 is 6.18 Å². The van der Waals surface area contributed by atoms with Crippen LogP contribution in [0.5, 0.6) is 0 Å². The first-order chi connectivity index (χ1) is 13.0. The lowest BCUT2D eigenvalue weighted by Crippen LogP contribution is -2.43. The number of piperidine rings is 1. The summed E-state index contributed by atoms with van der Waals surface area (Å²) in [5.41, 5.74) is 7.25. The first-order valence-corrected chi connectivity index (χ1v) is 8.92. The van der Waals surface area contributed by atoms with E-state index in [1.807, 2.05) is 6.07 Å². The highest BCUT2D eigenvalue weighted by Gasteiger charge is 2.44. The molecule has 0 saturated carbocycles. The third kappa shape index (κ3) is 3.46. The first kappa shape index (κ1) is 18.1. The molecule has 1 aromatic carbocycles. The van der Waals surface area contributed by atoms with Crippen molar-refractivity contribution in [3.63, 3.8) is 0 Å². The topological polar surface area (TPSA) is 49.4 Å². The number of halogens is 3. The Morgan fingerprint density at radius 1 is 1.19 bits per heavy atom. The number of fused-ring (bicyclic) bond motifs is 1. The highest BCUT2D eigenvalue weighted by molar-refractivity contribution is 5.94. The number of hydrazine groups is 1. The summed E-state index contributed by atoms with van der Waals surface area (Å²) >= 11 is 0. The highest BCUT2D eigenvalue weighted by Crippen LogP contribution is 2.35. The number of pyridine rings is 1. The number of alkyl halides is 3. The molecule has 0 aliphatic carbocycles. The molecular weight excluding hydrogens is 357 g/mol. The van der Waals surface area contributed by atoms with Crippen LogP contribution in [0.3, 0.4) is 0 Å². The van der Waals surface area contributed by atoms with Crippen LogP contribution < -0.4 is 15.8 Å². The average molecular weight is 378 g/mol. The van der Waals surface area contributed by atoms with Crippen molar-refractivity contribution in [1.82, 2.24) is 15.8 Å². The van der Waals surface area contributed by atoms with Crippen LogP contribution >= 0.6 is 0 Å². The molecule has 0 bridgehead atoms. The molecule has 1 saturated heterocycles. The van der Waals surface area contributed by atoms with Gasteiger partial charge in [-0.25, -0.2) is 5.43 Å². The lowest BCUT2D eigenvalue weighted by atomic mass is 9.97. The van der Waals surface area contributed by atoms with Gasteiger partial charge in [0.25, 0.3) is 0 Å². The normalized spacial score (nSPS) is 21.4. The van der Waals surface area contributed by atoms with Gasteiger partial charge in [-0.1, -0.05) is 6.07 Å². The van der Waals surface area contributed by atoms with Crippen molar-refractivity contribution in [1.29, 1.82) is 0 Å². The molecule has 1 aromatic heterocycles. The number of anilines is 1. The number of hydrogen-bond acceptors (Lipinski definition) is 5. The number of ether oxygens (including phenoxy) is 1. The molecule has 2 aliphatic heterocycles. The van der Waals surface area contributed by atoms with Gasteiger partial charge in [0.05, 0.1) is 11.6 Å². The Labute approximate surface area is 155 Å². The monoisotopic (exact) mass is 378 g/mol. The quantitative estimate of drug-likeness (QED) is 0.859.